The van der Waals surface area contributed by atoms with E-state index in [1.54, 1.807) is 6.08 Å². The summed E-state index contributed by atoms with van der Waals surface area (Å²) in [4.78, 5) is 12.7. The van der Waals surface area contributed by atoms with Gasteiger partial charge in [0.1, 0.15) is 0 Å². The van der Waals surface area contributed by atoms with Crippen LogP contribution in [0, 0.1) is 16.7 Å². The minimum absolute atomic E-state index is 0.108. The number of carbonyl (C=O) groups is 1. The van der Waals surface area contributed by atoms with E-state index in [2.05, 4.69) is 61.2 Å². The molecular weight excluding hydrogens is 354 g/mol. The zero-order valence-corrected chi connectivity index (χ0v) is 17.2. The second kappa shape index (κ2) is 9.37. The van der Waals surface area contributed by atoms with Crippen molar-refractivity contribution >= 4 is 5.78 Å². The van der Waals surface area contributed by atoms with Crippen LogP contribution in [0.4, 0.5) is 0 Å². The highest BCUT2D eigenvalue weighted by Crippen LogP contribution is 2.35. The Morgan fingerprint density at radius 3 is 2.76 bits per heavy atom. The van der Waals surface area contributed by atoms with Crippen LogP contribution >= 0.6 is 0 Å². The summed E-state index contributed by atoms with van der Waals surface area (Å²) in [7, 11) is 0. The van der Waals surface area contributed by atoms with Crippen LogP contribution in [-0.2, 0) is 4.79 Å². The van der Waals surface area contributed by atoms with Crippen molar-refractivity contribution < 1.29 is 4.79 Å². The van der Waals surface area contributed by atoms with Crippen LogP contribution in [0.3, 0.4) is 0 Å². The van der Waals surface area contributed by atoms with E-state index in [4.69, 9.17) is 0 Å². The molecule has 0 fully saturated rings. The molecule has 0 amide bonds. The van der Waals surface area contributed by atoms with E-state index >= 15 is 0 Å². The van der Waals surface area contributed by atoms with Crippen molar-refractivity contribution in [3.63, 3.8) is 0 Å². The lowest BCUT2D eigenvalue weighted by atomic mass is 9.77. The summed E-state index contributed by atoms with van der Waals surface area (Å²) in [6.45, 7) is 4.16. The number of ketones is 1. The fourth-order valence-corrected chi connectivity index (χ4v) is 3.49. The number of carbonyl (C=O) groups excluding carboxylic acids is 1. The summed E-state index contributed by atoms with van der Waals surface area (Å²) >= 11 is 0. The number of hydrogen-bond acceptors (Lipinski definition) is 2. The van der Waals surface area contributed by atoms with E-state index in [9.17, 15) is 10.1 Å². The molecule has 0 aliphatic heterocycles. The average Bonchev–Trinajstić information content (AvgIpc) is 3.00. The standard InChI is InChI=1S/C27H27NO/c1-21(24-8-4-3-5-9-24)11-12-22-7-6-10-25(14-13-22)26(29)19-23-15-17-27(2,20-28)18-16-23/h3-5,7-15,21H,16-19H2,1-2H3/b12-11+/t21-,27?/m1/s1. The summed E-state index contributed by atoms with van der Waals surface area (Å²) in [5.41, 5.74) is 6.97. The number of nitriles is 1. The Balaban J connectivity index is 1.64. The van der Waals surface area contributed by atoms with Gasteiger partial charge in [0, 0.05) is 12.0 Å². The Bertz CT molecular complexity index is 991. The largest absolute Gasteiger partial charge is 0.294 e. The molecule has 2 atom stereocenters. The molecule has 0 heterocycles. The summed E-state index contributed by atoms with van der Waals surface area (Å²) in [5, 5.41) is 9.24. The average molecular weight is 382 g/mol. The van der Waals surface area contributed by atoms with Crippen LogP contribution in [0.1, 0.15) is 51.0 Å². The second-order valence-corrected chi connectivity index (χ2v) is 8.14. The molecule has 0 bridgehead atoms. The monoisotopic (exact) mass is 381 g/mol. The number of hydrogen-bond donors (Lipinski definition) is 0. The van der Waals surface area contributed by atoms with E-state index in [-0.39, 0.29) is 11.2 Å². The Morgan fingerprint density at radius 2 is 2.07 bits per heavy atom. The Morgan fingerprint density at radius 1 is 1.28 bits per heavy atom. The van der Waals surface area contributed by atoms with Crippen molar-refractivity contribution in [1.82, 2.24) is 0 Å². The normalized spacial score (nSPS) is 22.3. The van der Waals surface area contributed by atoms with Gasteiger partial charge in [-0.25, -0.2) is 0 Å². The summed E-state index contributed by atoms with van der Waals surface area (Å²) < 4.78 is 0. The van der Waals surface area contributed by atoms with E-state index in [0.717, 1.165) is 30.4 Å². The SMILES string of the molecule is C[C@H](/C=C/C1=CC=C(C(=O)CC2=CCC(C)(C#N)CC2)C=C=C1)c1ccccc1. The molecule has 2 heteroatoms. The molecule has 0 saturated heterocycles. The van der Waals surface area contributed by atoms with E-state index in [1.165, 1.54) is 5.56 Å². The summed E-state index contributed by atoms with van der Waals surface area (Å²) in [6, 6.07) is 12.8. The quantitative estimate of drug-likeness (QED) is 0.415. The van der Waals surface area contributed by atoms with Gasteiger partial charge < -0.3 is 0 Å². The lowest BCUT2D eigenvalue weighted by Crippen LogP contribution is -2.17. The molecule has 2 aliphatic rings. The lowest BCUT2D eigenvalue weighted by molar-refractivity contribution is -0.114. The first-order valence-corrected chi connectivity index (χ1v) is 10.2. The van der Waals surface area contributed by atoms with Gasteiger partial charge in [-0.2, -0.15) is 5.26 Å². The fraction of sp³-hybridized carbons (Fsp3) is 0.296. The molecule has 2 aliphatic carbocycles. The predicted molar refractivity (Wildman–Crippen MR) is 118 cm³/mol. The molecule has 146 valence electrons. The Kier molecular flexibility index (Phi) is 6.65. The first-order chi connectivity index (χ1) is 14.0. The van der Waals surface area contributed by atoms with Crippen molar-refractivity contribution in [2.24, 2.45) is 5.41 Å². The van der Waals surface area contributed by atoms with Crippen LogP contribution in [0.25, 0.3) is 0 Å². The van der Waals surface area contributed by atoms with Gasteiger partial charge in [0.25, 0.3) is 0 Å². The molecule has 29 heavy (non-hydrogen) atoms. The lowest BCUT2D eigenvalue weighted by Gasteiger charge is -2.25. The topological polar surface area (TPSA) is 40.9 Å². The zero-order chi connectivity index (χ0) is 20.7. The van der Waals surface area contributed by atoms with Crippen molar-refractivity contribution in [3.05, 3.63) is 101 Å². The van der Waals surface area contributed by atoms with Gasteiger partial charge in [0.05, 0.1) is 11.5 Å². The van der Waals surface area contributed by atoms with Crippen LogP contribution in [0.5, 0.6) is 0 Å². The number of allylic oxidation sites excluding steroid dienone is 9. The highest BCUT2D eigenvalue weighted by molar-refractivity contribution is 5.99. The third-order valence-corrected chi connectivity index (χ3v) is 5.67. The molecule has 0 radical (unpaired) electrons. The third-order valence-electron chi connectivity index (χ3n) is 5.67. The number of Topliss-reactive ketones (excluding diaryl/α,β-unsaturated/α-hetero) is 1. The highest BCUT2D eigenvalue weighted by Gasteiger charge is 2.27. The molecule has 3 rings (SSSR count). The second-order valence-electron chi connectivity index (χ2n) is 8.14. The minimum Gasteiger partial charge on any atom is -0.294 e. The molecule has 0 aromatic heterocycles. The van der Waals surface area contributed by atoms with Gasteiger partial charge in [-0.3, -0.25) is 4.79 Å². The Hall–Kier alpha value is -3.14. The van der Waals surface area contributed by atoms with E-state index in [1.807, 2.05) is 31.2 Å². The van der Waals surface area contributed by atoms with Gasteiger partial charge in [0.15, 0.2) is 5.78 Å². The molecule has 1 aromatic rings. The first kappa shape index (κ1) is 20.6. The molecule has 0 spiro atoms. The van der Waals surface area contributed by atoms with Gasteiger partial charge in [-0.1, -0.05) is 73.2 Å². The number of nitrogens with zero attached hydrogens (tertiary/aromatic N) is 1. The number of rotatable bonds is 6. The van der Waals surface area contributed by atoms with Crippen LogP contribution in [0.15, 0.2) is 95.3 Å². The van der Waals surface area contributed by atoms with Crippen molar-refractivity contribution in [1.29, 1.82) is 5.26 Å². The van der Waals surface area contributed by atoms with Crippen LogP contribution in [0.2, 0.25) is 0 Å². The van der Waals surface area contributed by atoms with Gasteiger partial charge >= 0.3 is 0 Å². The smallest absolute Gasteiger partial charge is 0.167 e. The van der Waals surface area contributed by atoms with Crippen molar-refractivity contribution in [2.45, 2.75) is 45.4 Å². The van der Waals surface area contributed by atoms with E-state index in [0.29, 0.717) is 17.9 Å². The molecule has 1 unspecified atom stereocenters. The van der Waals surface area contributed by atoms with Gasteiger partial charge in [-0.15, -0.1) is 5.73 Å². The molecule has 0 N–H and O–H groups in total. The maximum Gasteiger partial charge on any atom is 0.167 e. The predicted octanol–water partition coefficient (Wildman–Crippen LogP) is 6.52. The molecule has 2 nitrogen and oxygen atoms in total. The third kappa shape index (κ3) is 5.67. The highest BCUT2D eigenvalue weighted by atomic mass is 16.1. The first-order valence-electron chi connectivity index (χ1n) is 10.2. The maximum atomic E-state index is 12.7. The fourth-order valence-electron chi connectivity index (χ4n) is 3.49. The minimum atomic E-state index is -0.280. The van der Waals surface area contributed by atoms with Crippen molar-refractivity contribution in [3.8, 4) is 6.07 Å². The van der Waals surface area contributed by atoms with Gasteiger partial charge in [0.2, 0.25) is 0 Å². The van der Waals surface area contributed by atoms with Crippen LogP contribution in [-0.4, -0.2) is 5.78 Å². The molecule has 0 saturated carbocycles. The molecule has 1 aromatic carbocycles. The zero-order valence-electron chi connectivity index (χ0n) is 17.2. The summed E-state index contributed by atoms with van der Waals surface area (Å²) in [5.74, 6) is 0.428. The van der Waals surface area contributed by atoms with Crippen LogP contribution < -0.4 is 0 Å². The Labute approximate surface area is 174 Å². The van der Waals surface area contributed by atoms with Crippen molar-refractivity contribution in [2.75, 3.05) is 0 Å². The maximum absolute atomic E-state index is 12.7. The van der Waals surface area contributed by atoms with E-state index < -0.39 is 0 Å². The number of benzene rings is 1. The summed E-state index contributed by atoms with van der Waals surface area (Å²) in [6.07, 6.45) is 16.7. The molecular formula is C27H27NO. The van der Waals surface area contributed by atoms with Gasteiger partial charge in [-0.05, 0) is 55.4 Å².